The molecule has 0 bridgehead atoms. The fourth-order valence-corrected chi connectivity index (χ4v) is 2.25. The minimum absolute atomic E-state index is 0.244. The first kappa shape index (κ1) is 7.10. The largest absolute Gasteiger partial charge is 0.396 e. The number of rotatable bonds is 1. The summed E-state index contributed by atoms with van der Waals surface area (Å²) < 4.78 is 0. The highest BCUT2D eigenvalue weighted by atomic mass is 16.3. The lowest BCUT2D eigenvalue weighted by Gasteiger charge is -2.18. The number of hydrogen-bond acceptors (Lipinski definition) is 2. The number of amides is 1. The van der Waals surface area contributed by atoms with Gasteiger partial charge in [-0.1, -0.05) is 0 Å². The first-order valence-corrected chi connectivity index (χ1v) is 4.23. The smallest absolute Gasteiger partial charge is 0.222 e. The van der Waals surface area contributed by atoms with E-state index in [0.29, 0.717) is 18.4 Å². The fraction of sp³-hybridized carbons (Fsp3) is 0.875. The molecule has 0 aromatic heterocycles. The zero-order chi connectivity index (χ0) is 7.84. The van der Waals surface area contributed by atoms with Gasteiger partial charge in [0.2, 0.25) is 5.91 Å². The molecular formula is C8H13NO2. The van der Waals surface area contributed by atoms with Crippen molar-refractivity contribution in [2.24, 2.45) is 5.92 Å². The molecule has 2 fully saturated rings. The normalized spacial score (nSPS) is 36.5. The van der Waals surface area contributed by atoms with Crippen molar-refractivity contribution in [1.29, 1.82) is 0 Å². The van der Waals surface area contributed by atoms with E-state index < -0.39 is 0 Å². The Kier molecular flexibility index (Phi) is 1.60. The Hall–Kier alpha value is -0.570. The van der Waals surface area contributed by atoms with Crippen LogP contribution in [0.1, 0.15) is 19.3 Å². The summed E-state index contributed by atoms with van der Waals surface area (Å²) in [5.74, 6) is 0.646. The fourth-order valence-electron chi connectivity index (χ4n) is 2.25. The Labute approximate surface area is 66.0 Å². The highest BCUT2D eigenvalue weighted by molar-refractivity contribution is 5.79. The Morgan fingerprint density at radius 2 is 2.36 bits per heavy atom. The number of aliphatic hydroxyl groups is 1. The second-order valence-electron chi connectivity index (χ2n) is 3.42. The highest BCUT2D eigenvalue weighted by Crippen LogP contribution is 2.32. The summed E-state index contributed by atoms with van der Waals surface area (Å²) in [7, 11) is 0. The predicted molar refractivity (Wildman–Crippen MR) is 39.9 cm³/mol. The molecular weight excluding hydrogens is 142 g/mol. The predicted octanol–water partition coefficient (Wildman–Crippen LogP) is -0.0104. The van der Waals surface area contributed by atoms with Gasteiger partial charge in [0.05, 0.1) is 0 Å². The molecule has 62 valence electrons. The maximum absolute atomic E-state index is 11.2. The molecule has 2 atom stereocenters. The third-order valence-electron chi connectivity index (χ3n) is 2.89. The van der Waals surface area contributed by atoms with E-state index in [0.717, 1.165) is 19.4 Å². The SMILES string of the molecule is O=C1CC[C@H]2[C@@H](CO)CCN12. The molecule has 0 saturated carbocycles. The van der Waals surface area contributed by atoms with Crippen molar-refractivity contribution in [2.75, 3.05) is 13.2 Å². The first-order chi connectivity index (χ1) is 5.33. The first-order valence-electron chi connectivity index (χ1n) is 4.23. The van der Waals surface area contributed by atoms with Gasteiger partial charge in [-0.2, -0.15) is 0 Å². The van der Waals surface area contributed by atoms with Gasteiger partial charge in [0.1, 0.15) is 0 Å². The standard InChI is InChI=1S/C8H13NO2/c10-5-6-3-4-9-7(6)1-2-8(9)11/h6-7,10H,1-5H2/t6-,7+/m1/s1. The molecule has 0 radical (unpaired) electrons. The summed E-state index contributed by atoms with van der Waals surface area (Å²) in [5.41, 5.74) is 0. The quantitative estimate of drug-likeness (QED) is 0.578. The maximum atomic E-state index is 11.2. The summed E-state index contributed by atoms with van der Waals surface area (Å²) in [6.07, 6.45) is 2.65. The van der Waals surface area contributed by atoms with Crippen LogP contribution < -0.4 is 0 Å². The van der Waals surface area contributed by atoms with E-state index in [9.17, 15) is 4.79 Å². The highest BCUT2D eigenvalue weighted by Gasteiger charge is 2.40. The van der Waals surface area contributed by atoms with Gasteiger partial charge < -0.3 is 10.0 Å². The molecule has 2 rings (SSSR count). The van der Waals surface area contributed by atoms with Crippen molar-refractivity contribution in [1.82, 2.24) is 4.90 Å². The lowest BCUT2D eigenvalue weighted by Crippen LogP contribution is -2.30. The molecule has 1 N–H and O–H groups in total. The van der Waals surface area contributed by atoms with E-state index in [1.54, 1.807) is 0 Å². The number of hydrogen-bond donors (Lipinski definition) is 1. The van der Waals surface area contributed by atoms with Crippen LogP contribution in [0.25, 0.3) is 0 Å². The van der Waals surface area contributed by atoms with E-state index in [-0.39, 0.29) is 12.5 Å². The van der Waals surface area contributed by atoms with Gasteiger partial charge in [-0.15, -0.1) is 0 Å². The number of aliphatic hydroxyl groups excluding tert-OH is 1. The molecule has 0 unspecified atom stereocenters. The second kappa shape index (κ2) is 2.48. The van der Waals surface area contributed by atoms with Gasteiger partial charge in [-0.25, -0.2) is 0 Å². The van der Waals surface area contributed by atoms with Crippen molar-refractivity contribution in [3.8, 4) is 0 Å². The van der Waals surface area contributed by atoms with E-state index >= 15 is 0 Å². The Morgan fingerprint density at radius 1 is 1.55 bits per heavy atom. The topological polar surface area (TPSA) is 40.5 Å². The molecule has 2 saturated heterocycles. The van der Waals surface area contributed by atoms with Crippen molar-refractivity contribution in [3.05, 3.63) is 0 Å². The summed E-state index contributed by atoms with van der Waals surface area (Å²) in [4.78, 5) is 13.1. The van der Waals surface area contributed by atoms with Crippen molar-refractivity contribution in [3.63, 3.8) is 0 Å². The zero-order valence-electron chi connectivity index (χ0n) is 6.49. The summed E-state index contributed by atoms with van der Waals surface area (Å²) in [6, 6.07) is 0.368. The average Bonchev–Trinajstić information content (AvgIpc) is 2.53. The van der Waals surface area contributed by atoms with Crippen LogP contribution in [0.3, 0.4) is 0 Å². The Balaban J connectivity index is 2.10. The number of carbonyl (C=O) groups is 1. The molecule has 11 heavy (non-hydrogen) atoms. The second-order valence-corrected chi connectivity index (χ2v) is 3.42. The van der Waals surface area contributed by atoms with Crippen molar-refractivity contribution >= 4 is 5.91 Å². The molecule has 0 aromatic rings. The zero-order valence-corrected chi connectivity index (χ0v) is 6.49. The minimum atomic E-state index is 0.244. The van der Waals surface area contributed by atoms with Gasteiger partial charge in [0.25, 0.3) is 0 Å². The molecule has 2 aliphatic rings. The van der Waals surface area contributed by atoms with E-state index in [1.807, 2.05) is 4.90 Å². The molecule has 2 aliphatic heterocycles. The Bertz CT molecular complexity index is 181. The van der Waals surface area contributed by atoms with Crippen molar-refractivity contribution < 1.29 is 9.90 Å². The van der Waals surface area contributed by atoms with Crippen LogP contribution in [0.5, 0.6) is 0 Å². The van der Waals surface area contributed by atoms with Gasteiger partial charge in [0, 0.05) is 31.5 Å². The molecule has 0 spiro atoms. The maximum Gasteiger partial charge on any atom is 0.222 e. The molecule has 1 amide bonds. The van der Waals surface area contributed by atoms with Gasteiger partial charge in [-0.3, -0.25) is 4.79 Å². The van der Waals surface area contributed by atoms with Gasteiger partial charge in [-0.05, 0) is 12.8 Å². The van der Waals surface area contributed by atoms with Crippen LogP contribution in [0.2, 0.25) is 0 Å². The van der Waals surface area contributed by atoms with E-state index in [2.05, 4.69) is 0 Å². The third kappa shape index (κ3) is 0.948. The van der Waals surface area contributed by atoms with Gasteiger partial charge >= 0.3 is 0 Å². The molecule has 3 nitrogen and oxygen atoms in total. The van der Waals surface area contributed by atoms with Crippen LogP contribution in [0.15, 0.2) is 0 Å². The average molecular weight is 155 g/mol. The number of carbonyl (C=O) groups excluding carboxylic acids is 1. The number of fused-ring (bicyclic) bond motifs is 1. The molecule has 2 heterocycles. The molecule has 0 aliphatic carbocycles. The molecule has 0 aromatic carbocycles. The van der Waals surface area contributed by atoms with E-state index in [1.165, 1.54) is 0 Å². The lowest BCUT2D eigenvalue weighted by atomic mass is 10.00. The van der Waals surface area contributed by atoms with Crippen LogP contribution in [0, 0.1) is 5.92 Å². The minimum Gasteiger partial charge on any atom is -0.396 e. The summed E-state index contributed by atoms with van der Waals surface area (Å²) in [5, 5.41) is 8.96. The van der Waals surface area contributed by atoms with Crippen LogP contribution in [-0.4, -0.2) is 35.1 Å². The van der Waals surface area contributed by atoms with Crippen LogP contribution >= 0.6 is 0 Å². The number of nitrogens with zero attached hydrogens (tertiary/aromatic N) is 1. The summed E-state index contributed by atoms with van der Waals surface area (Å²) in [6.45, 7) is 1.11. The van der Waals surface area contributed by atoms with Crippen LogP contribution in [-0.2, 0) is 4.79 Å². The lowest BCUT2D eigenvalue weighted by molar-refractivity contribution is -0.128. The Morgan fingerprint density at radius 3 is 3.09 bits per heavy atom. The van der Waals surface area contributed by atoms with E-state index in [4.69, 9.17) is 5.11 Å². The van der Waals surface area contributed by atoms with Gasteiger partial charge in [0.15, 0.2) is 0 Å². The summed E-state index contributed by atoms with van der Waals surface area (Å²) >= 11 is 0. The third-order valence-corrected chi connectivity index (χ3v) is 2.89. The molecule has 3 heteroatoms. The monoisotopic (exact) mass is 155 g/mol. The van der Waals surface area contributed by atoms with Crippen molar-refractivity contribution in [2.45, 2.75) is 25.3 Å². The van der Waals surface area contributed by atoms with Crippen LogP contribution in [0.4, 0.5) is 0 Å².